The minimum Gasteiger partial charge on any atom is -0.312 e. The Labute approximate surface area is 125 Å². The molecule has 1 rings (SSSR count). The molecular weight excluding hydrogens is 271 g/mol. The fourth-order valence-corrected chi connectivity index (χ4v) is 2.25. The van der Waals surface area contributed by atoms with Gasteiger partial charge < -0.3 is 5.32 Å². The minimum absolute atomic E-state index is 0.0270. The van der Waals surface area contributed by atoms with Crippen LogP contribution in [0.1, 0.15) is 51.5 Å². The Morgan fingerprint density at radius 2 is 1.95 bits per heavy atom. The topological polar surface area (TPSA) is 55.2 Å². The number of nitrogens with one attached hydrogen (secondary N) is 1. The molecule has 1 aromatic rings. The van der Waals surface area contributed by atoms with Gasteiger partial charge >= 0.3 is 0 Å². The maximum absolute atomic E-state index is 13.1. The van der Waals surface area contributed by atoms with E-state index in [0.717, 1.165) is 31.4 Å². The average molecular weight is 296 g/mol. The Hall–Kier alpha value is -1.49. The van der Waals surface area contributed by atoms with Gasteiger partial charge in [-0.15, -0.1) is 0 Å². The van der Waals surface area contributed by atoms with E-state index >= 15 is 0 Å². The number of nitrogens with zero attached hydrogens (tertiary/aromatic N) is 1. The summed E-state index contributed by atoms with van der Waals surface area (Å²) in [5.74, 6) is 0.322. The standard InChI is InChI=1S/C16H25FN2O2/c1-13(2)7-5-3-4-6-10-18-12-14-11-15(17)8-9-16(14)19(20)21/h8-9,11,13,18H,3-7,10,12H2,1-2H3. The minimum atomic E-state index is -0.470. The second kappa shape index (κ2) is 9.45. The molecule has 118 valence electrons. The van der Waals surface area contributed by atoms with Gasteiger partial charge in [-0.2, -0.15) is 0 Å². The predicted octanol–water partition coefficient (Wildman–Crippen LogP) is 4.43. The first-order valence-corrected chi connectivity index (χ1v) is 7.64. The van der Waals surface area contributed by atoms with Gasteiger partial charge in [-0.3, -0.25) is 10.1 Å². The van der Waals surface area contributed by atoms with Crippen molar-refractivity contribution in [1.82, 2.24) is 5.32 Å². The Morgan fingerprint density at radius 1 is 1.24 bits per heavy atom. The van der Waals surface area contributed by atoms with Crippen molar-refractivity contribution in [2.45, 2.75) is 52.5 Å². The zero-order valence-electron chi connectivity index (χ0n) is 12.9. The van der Waals surface area contributed by atoms with Crippen LogP contribution in [0.4, 0.5) is 10.1 Å². The van der Waals surface area contributed by atoms with Gasteiger partial charge in [-0.05, 0) is 31.0 Å². The lowest BCUT2D eigenvalue weighted by Gasteiger charge is -2.07. The van der Waals surface area contributed by atoms with E-state index < -0.39 is 10.7 Å². The van der Waals surface area contributed by atoms with Gasteiger partial charge in [-0.25, -0.2) is 4.39 Å². The normalized spacial score (nSPS) is 11.0. The quantitative estimate of drug-likeness (QED) is 0.395. The first-order chi connectivity index (χ1) is 10.0. The summed E-state index contributed by atoms with van der Waals surface area (Å²) in [6, 6.07) is 3.57. The third-order valence-electron chi connectivity index (χ3n) is 3.44. The van der Waals surface area contributed by atoms with Gasteiger partial charge in [0.25, 0.3) is 5.69 Å². The van der Waals surface area contributed by atoms with Crippen molar-refractivity contribution in [3.05, 3.63) is 39.7 Å². The van der Waals surface area contributed by atoms with E-state index in [1.807, 2.05) is 0 Å². The van der Waals surface area contributed by atoms with E-state index in [1.54, 1.807) is 0 Å². The van der Waals surface area contributed by atoms with Crippen molar-refractivity contribution >= 4 is 5.69 Å². The first kappa shape index (κ1) is 17.6. The second-order valence-corrected chi connectivity index (χ2v) is 5.80. The van der Waals surface area contributed by atoms with E-state index in [2.05, 4.69) is 19.2 Å². The molecule has 0 saturated heterocycles. The molecule has 0 heterocycles. The van der Waals surface area contributed by atoms with Gasteiger partial charge in [-0.1, -0.05) is 39.5 Å². The van der Waals surface area contributed by atoms with Crippen LogP contribution in [-0.2, 0) is 6.54 Å². The molecular formula is C16H25FN2O2. The molecule has 1 aromatic carbocycles. The number of nitro benzene ring substituents is 1. The molecule has 0 aromatic heterocycles. The highest BCUT2D eigenvalue weighted by molar-refractivity contribution is 5.40. The van der Waals surface area contributed by atoms with Crippen LogP contribution in [0.3, 0.4) is 0 Å². The van der Waals surface area contributed by atoms with Crippen LogP contribution < -0.4 is 5.32 Å². The summed E-state index contributed by atoms with van der Waals surface area (Å²) in [5.41, 5.74) is 0.376. The lowest BCUT2D eigenvalue weighted by atomic mass is 10.0. The monoisotopic (exact) mass is 296 g/mol. The van der Waals surface area contributed by atoms with Gasteiger partial charge in [0.05, 0.1) is 4.92 Å². The third-order valence-corrected chi connectivity index (χ3v) is 3.44. The SMILES string of the molecule is CC(C)CCCCCCNCc1cc(F)ccc1[N+](=O)[O-]. The number of hydrogen-bond acceptors (Lipinski definition) is 3. The molecule has 1 N–H and O–H groups in total. The number of unbranched alkanes of at least 4 members (excludes halogenated alkanes) is 3. The first-order valence-electron chi connectivity index (χ1n) is 7.64. The lowest BCUT2D eigenvalue weighted by Crippen LogP contribution is -2.15. The Kier molecular flexibility index (Phi) is 7.90. The van der Waals surface area contributed by atoms with Gasteiger partial charge in [0.15, 0.2) is 0 Å². The number of halogens is 1. The Morgan fingerprint density at radius 3 is 2.62 bits per heavy atom. The summed E-state index contributed by atoms with van der Waals surface area (Å²) in [6.45, 7) is 5.59. The molecule has 0 fully saturated rings. The van der Waals surface area contributed by atoms with Crippen molar-refractivity contribution in [2.24, 2.45) is 5.92 Å². The van der Waals surface area contributed by atoms with E-state index in [-0.39, 0.29) is 5.69 Å². The summed E-state index contributed by atoms with van der Waals surface area (Å²) in [5, 5.41) is 14.0. The number of rotatable bonds is 10. The number of benzene rings is 1. The van der Waals surface area contributed by atoms with Crippen LogP contribution in [0, 0.1) is 21.8 Å². The van der Waals surface area contributed by atoms with Crippen molar-refractivity contribution < 1.29 is 9.31 Å². The highest BCUT2D eigenvalue weighted by Gasteiger charge is 2.13. The van der Waals surface area contributed by atoms with Crippen molar-refractivity contribution in [3.8, 4) is 0 Å². The predicted molar refractivity (Wildman–Crippen MR) is 82.7 cm³/mol. The van der Waals surface area contributed by atoms with Crippen LogP contribution >= 0.6 is 0 Å². The molecule has 0 atom stereocenters. The fourth-order valence-electron chi connectivity index (χ4n) is 2.25. The average Bonchev–Trinajstić information content (AvgIpc) is 2.41. The second-order valence-electron chi connectivity index (χ2n) is 5.80. The molecule has 0 bridgehead atoms. The van der Waals surface area contributed by atoms with Gasteiger partial charge in [0.2, 0.25) is 0 Å². The molecule has 0 radical (unpaired) electrons. The van der Waals surface area contributed by atoms with Crippen molar-refractivity contribution in [1.29, 1.82) is 0 Å². The summed E-state index contributed by atoms with van der Waals surface area (Å²) >= 11 is 0. The van der Waals surface area contributed by atoms with Gasteiger partial charge in [0.1, 0.15) is 5.82 Å². The molecule has 0 aliphatic carbocycles. The van der Waals surface area contributed by atoms with E-state index in [4.69, 9.17) is 0 Å². The smallest absolute Gasteiger partial charge is 0.274 e. The summed E-state index contributed by atoms with van der Waals surface area (Å²) in [7, 11) is 0. The van der Waals surface area contributed by atoms with E-state index in [1.165, 1.54) is 31.4 Å². The lowest BCUT2D eigenvalue weighted by molar-refractivity contribution is -0.385. The summed E-state index contributed by atoms with van der Waals surface area (Å²) in [4.78, 5) is 10.4. The maximum atomic E-state index is 13.1. The molecule has 0 saturated carbocycles. The van der Waals surface area contributed by atoms with Crippen LogP contribution in [0.15, 0.2) is 18.2 Å². The Balaban J connectivity index is 2.24. The molecule has 0 unspecified atom stereocenters. The fraction of sp³-hybridized carbons (Fsp3) is 0.625. The molecule has 0 amide bonds. The number of nitro groups is 1. The van der Waals surface area contributed by atoms with E-state index in [0.29, 0.717) is 12.1 Å². The highest BCUT2D eigenvalue weighted by Crippen LogP contribution is 2.19. The highest BCUT2D eigenvalue weighted by atomic mass is 19.1. The van der Waals surface area contributed by atoms with E-state index in [9.17, 15) is 14.5 Å². The largest absolute Gasteiger partial charge is 0.312 e. The van der Waals surface area contributed by atoms with Crippen LogP contribution in [0.5, 0.6) is 0 Å². The molecule has 0 aliphatic heterocycles. The summed E-state index contributed by atoms with van der Waals surface area (Å²) in [6.07, 6.45) is 5.95. The van der Waals surface area contributed by atoms with Gasteiger partial charge in [0, 0.05) is 18.2 Å². The summed E-state index contributed by atoms with van der Waals surface area (Å²) < 4.78 is 13.1. The zero-order chi connectivity index (χ0) is 15.7. The maximum Gasteiger partial charge on any atom is 0.274 e. The number of hydrogen-bond donors (Lipinski definition) is 1. The zero-order valence-corrected chi connectivity index (χ0v) is 12.9. The van der Waals surface area contributed by atoms with Crippen molar-refractivity contribution in [2.75, 3.05) is 6.54 Å². The molecule has 5 heteroatoms. The van der Waals surface area contributed by atoms with Crippen molar-refractivity contribution in [3.63, 3.8) is 0 Å². The van der Waals surface area contributed by atoms with Crippen LogP contribution in [0.2, 0.25) is 0 Å². The molecule has 4 nitrogen and oxygen atoms in total. The molecule has 0 spiro atoms. The molecule has 21 heavy (non-hydrogen) atoms. The van der Waals surface area contributed by atoms with Crippen LogP contribution in [0.25, 0.3) is 0 Å². The Bertz CT molecular complexity index is 450. The third kappa shape index (κ3) is 7.18. The molecule has 0 aliphatic rings. The van der Waals surface area contributed by atoms with Crippen LogP contribution in [-0.4, -0.2) is 11.5 Å².